The summed E-state index contributed by atoms with van der Waals surface area (Å²) >= 11 is 2.29. The maximum atomic E-state index is 14.0. The number of nitrogens with zero attached hydrogens (tertiary/aromatic N) is 1. The van der Waals surface area contributed by atoms with Gasteiger partial charge in [0.2, 0.25) is 5.91 Å². The SMILES string of the molecule is CC1(C)CC(=O)C2=C(C1)Nc1ccccc1N(C(=O)Cc1ccccc1)[C@H]2c1cccc(I)c1. The van der Waals surface area contributed by atoms with Gasteiger partial charge >= 0.3 is 0 Å². The number of carbonyl (C=O) groups is 2. The highest BCUT2D eigenvalue weighted by Crippen LogP contribution is 2.48. The van der Waals surface area contributed by atoms with E-state index < -0.39 is 6.04 Å². The summed E-state index contributed by atoms with van der Waals surface area (Å²) in [4.78, 5) is 29.6. The fraction of sp³-hybridized carbons (Fsp3) is 0.241. The molecule has 0 aromatic heterocycles. The van der Waals surface area contributed by atoms with Gasteiger partial charge in [0.1, 0.15) is 0 Å². The molecule has 34 heavy (non-hydrogen) atoms. The van der Waals surface area contributed by atoms with Crippen LogP contribution in [-0.4, -0.2) is 11.7 Å². The number of hydrogen-bond acceptors (Lipinski definition) is 3. The van der Waals surface area contributed by atoms with Crippen molar-refractivity contribution in [1.82, 2.24) is 0 Å². The smallest absolute Gasteiger partial charge is 0.232 e. The predicted molar refractivity (Wildman–Crippen MR) is 145 cm³/mol. The zero-order chi connectivity index (χ0) is 23.9. The second kappa shape index (κ2) is 9.02. The van der Waals surface area contributed by atoms with E-state index in [1.54, 1.807) is 0 Å². The second-order valence-electron chi connectivity index (χ2n) is 9.86. The van der Waals surface area contributed by atoms with E-state index in [0.29, 0.717) is 12.0 Å². The normalized spacial score (nSPS) is 19.1. The Hall–Kier alpha value is -2.93. The van der Waals surface area contributed by atoms with Crippen LogP contribution in [0.3, 0.4) is 0 Å². The number of para-hydroxylation sites is 2. The van der Waals surface area contributed by atoms with Gasteiger partial charge < -0.3 is 5.32 Å². The van der Waals surface area contributed by atoms with E-state index in [1.807, 2.05) is 77.7 Å². The summed E-state index contributed by atoms with van der Waals surface area (Å²) in [6.07, 6.45) is 1.48. The van der Waals surface area contributed by atoms with Gasteiger partial charge in [-0.05, 0) is 69.8 Å². The van der Waals surface area contributed by atoms with Crippen LogP contribution in [0.2, 0.25) is 0 Å². The number of nitrogens with one attached hydrogen (secondary N) is 1. The second-order valence-corrected chi connectivity index (χ2v) is 11.1. The molecule has 0 spiro atoms. The molecule has 3 aromatic carbocycles. The van der Waals surface area contributed by atoms with E-state index in [0.717, 1.165) is 38.2 Å². The lowest BCUT2D eigenvalue weighted by Gasteiger charge is -2.37. The van der Waals surface area contributed by atoms with Crippen molar-refractivity contribution < 1.29 is 9.59 Å². The molecule has 0 radical (unpaired) electrons. The van der Waals surface area contributed by atoms with Crippen molar-refractivity contribution in [3.63, 3.8) is 0 Å². The lowest BCUT2D eigenvalue weighted by atomic mass is 9.73. The Kier molecular flexibility index (Phi) is 6.06. The van der Waals surface area contributed by atoms with Crippen LogP contribution in [0.5, 0.6) is 0 Å². The van der Waals surface area contributed by atoms with Crippen molar-refractivity contribution in [3.8, 4) is 0 Å². The first-order valence-electron chi connectivity index (χ1n) is 11.6. The molecule has 4 nitrogen and oxygen atoms in total. The Balaban J connectivity index is 1.73. The molecule has 1 atom stereocenters. The number of ketones is 1. The van der Waals surface area contributed by atoms with Gasteiger partial charge in [-0.15, -0.1) is 0 Å². The molecule has 5 heteroatoms. The van der Waals surface area contributed by atoms with E-state index >= 15 is 0 Å². The number of hydrogen-bond donors (Lipinski definition) is 1. The molecular weight excluding hydrogens is 535 g/mol. The van der Waals surface area contributed by atoms with Crippen molar-refractivity contribution in [2.24, 2.45) is 5.41 Å². The van der Waals surface area contributed by atoms with Crippen LogP contribution in [0, 0.1) is 8.99 Å². The van der Waals surface area contributed by atoms with E-state index in [1.165, 1.54) is 0 Å². The van der Waals surface area contributed by atoms with Crippen molar-refractivity contribution in [3.05, 3.63) is 105 Å². The minimum absolute atomic E-state index is 0.0318. The van der Waals surface area contributed by atoms with E-state index in [2.05, 4.69) is 47.8 Å². The molecule has 1 heterocycles. The minimum Gasteiger partial charge on any atom is -0.357 e. The molecule has 1 aliphatic heterocycles. The molecular formula is C29H27IN2O2. The number of fused-ring (bicyclic) bond motifs is 1. The standard InChI is InChI=1S/C29H27IN2O2/c1-29(2)17-23-27(25(33)18-29)28(20-11-8-12-21(30)16-20)32(24-14-7-6-13-22(24)31-23)26(34)15-19-9-4-3-5-10-19/h3-14,16,28,31H,15,17-18H2,1-2H3/t28-/m0/s1. The summed E-state index contributed by atoms with van der Waals surface area (Å²) in [5, 5.41) is 3.57. The lowest BCUT2D eigenvalue weighted by molar-refractivity contribution is -0.119. The summed E-state index contributed by atoms with van der Waals surface area (Å²) in [6.45, 7) is 4.26. The Bertz CT molecular complexity index is 1300. The summed E-state index contributed by atoms with van der Waals surface area (Å²) < 4.78 is 1.07. The molecule has 0 saturated heterocycles. The third-order valence-electron chi connectivity index (χ3n) is 6.53. The molecule has 0 fully saturated rings. The molecule has 0 saturated carbocycles. The maximum Gasteiger partial charge on any atom is 0.232 e. The quantitative estimate of drug-likeness (QED) is 0.363. The van der Waals surface area contributed by atoms with Gasteiger partial charge in [-0.3, -0.25) is 14.5 Å². The van der Waals surface area contributed by atoms with Crippen molar-refractivity contribution >= 4 is 45.7 Å². The Morgan fingerprint density at radius 2 is 1.74 bits per heavy atom. The van der Waals surface area contributed by atoms with Crippen molar-refractivity contribution in [1.29, 1.82) is 0 Å². The van der Waals surface area contributed by atoms with E-state index in [-0.39, 0.29) is 23.5 Å². The van der Waals surface area contributed by atoms with Crippen LogP contribution in [-0.2, 0) is 16.0 Å². The number of amides is 1. The first kappa shape index (κ1) is 22.8. The van der Waals surface area contributed by atoms with Crippen LogP contribution >= 0.6 is 22.6 Å². The molecule has 3 aromatic rings. The number of carbonyl (C=O) groups excluding carboxylic acids is 2. The van der Waals surface area contributed by atoms with Gasteiger partial charge in [-0.1, -0.05) is 68.4 Å². The fourth-order valence-electron chi connectivity index (χ4n) is 5.11. The number of anilines is 2. The third kappa shape index (κ3) is 4.41. The first-order valence-corrected chi connectivity index (χ1v) is 12.6. The number of allylic oxidation sites excluding steroid dienone is 1. The molecule has 5 rings (SSSR count). The highest BCUT2D eigenvalue weighted by molar-refractivity contribution is 14.1. The fourth-order valence-corrected chi connectivity index (χ4v) is 5.68. The molecule has 2 aliphatic rings. The largest absolute Gasteiger partial charge is 0.357 e. The highest BCUT2D eigenvalue weighted by atomic mass is 127. The molecule has 1 N–H and O–H groups in total. The first-order chi connectivity index (χ1) is 16.3. The van der Waals surface area contributed by atoms with Gasteiger partial charge in [-0.2, -0.15) is 0 Å². The highest BCUT2D eigenvalue weighted by Gasteiger charge is 2.43. The molecule has 1 amide bonds. The monoisotopic (exact) mass is 562 g/mol. The Morgan fingerprint density at radius 3 is 2.50 bits per heavy atom. The topological polar surface area (TPSA) is 49.4 Å². The van der Waals surface area contributed by atoms with Gasteiger partial charge in [0.05, 0.1) is 23.8 Å². The van der Waals surface area contributed by atoms with Crippen LogP contribution in [0.25, 0.3) is 0 Å². The summed E-state index contributed by atoms with van der Waals surface area (Å²) in [6, 6.07) is 25.3. The zero-order valence-corrected chi connectivity index (χ0v) is 21.5. The molecule has 172 valence electrons. The third-order valence-corrected chi connectivity index (χ3v) is 7.20. The average molecular weight is 562 g/mol. The maximum absolute atomic E-state index is 14.0. The van der Waals surface area contributed by atoms with Crippen LogP contribution in [0.1, 0.15) is 43.9 Å². The minimum atomic E-state index is -0.485. The van der Waals surface area contributed by atoms with Crippen LogP contribution in [0.15, 0.2) is 90.1 Å². The van der Waals surface area contributed by atoms with Gasteiger partial charge in [0.25, 0.3) is 0 Å². The number of Topliss-reactive ketones (excluding diaryl/α,β-unsaturated/α-hetero) is 1. The molecule has 0 unspecified atom stereocenters. The van der Waals surface area contributed by atoms with Gasteiger partial charge in [0, 0.05) is 21.3 Å². The Labute approximate surface area is 214 Å². The predicted octanol–water partition coefficient (Wildman–Crippen LogP) is 6.68. The molecule has 0 bridgehead atoms. The summed E-state index contributed by atoms with van der Waals surface area (Å²) in [5.74, 6) is 0.0728. The summed E-state index contributed by atoms with van der Waals surface area (Å²) in [5.41, 5.74) is 5.05. The van der Waals surface area contributed by atoms with Crippen molar-refractivity contribution in [2.75, 3.05) is 10.2 Å². The lowest BCUT2D eigenvalue weighted by Crippen LogP contribution is -2.40. The van der Waals surface area contributed by atoms with E-state index in [4.69, 9.17) is 0 Å². The summed E-state index contributed by atoms with van der Waals surface area (Å²) in [7, 11) is 0. The van der Waals surface area contributed by atoms with Crippen LogP contribution in [0.4, 0.5) is 11.4 Å². The van der Waals surface area contributed by atoms with E-state index in [9.17, 15) is 9.59 Å². The van der Waals surface area contributed by atoms with Crippen molar-refractivity contribution in [2.45, 2.75) is 39.2 Å². The Morgan fingerprint density at radius 1 is 1.00 bits per heavy atom. The van der Waals surface area contributed by atoms with Gasteiger partial charge in [-0.25, -0.2) is 0 Å². The molecule has 1 aliphatic carbocycles. The number of halogens is 1. The number of benzene rings is 3. The van der Waals surface area contributed by atoms with Gasteiger partial charge in [0.15, 0.2) is 5.78 Å². The zero-order valence-electron chi connectivity index (χ0n) is 19.3. The average Bonchev–Trinajstić information content (AvgIpc) is 2.93. The number of rotatable bonds is 3. The van der Waals surface area contributed by atoms with Crippen LogP contribution < -0.4 is 10.2 Å².